The Hall–Kier alpha value is -2.42. The lowest BCUT2D eigenvalue weighted by Crippen LogP contribution is -3.05. The number of halogens is 1. The van der Waals surface area contributed by atoms with Crippen LogP contribution in [0.3, 0.4) is 0 Å². The molecule has 0 bridgehead atoms. The minimum atomic E-state index is -0.174. The number of hydrogen-bond donors (Lipinski definition) is 2. The van der Waals surface area contributed by atoms with Crippen LogP contribution in [0.25, 0.3) is 0 Å². The van der Waals surface area contributed by atoms with Crippen LogP contribution < -0.4 is 10.2 Å². The summed E-state index contributed by atoms with van der Waals surface area (Å²) >= 11 is 7.36. The molecule has 1 amide bonds. The van der Waals surface area contributed by atoms with Gasteiger partial charge in [-0.2, -0.15) is 0 Å². The first kappa shape index (κ1) is 21.3. The number of pyridine rings is 1. The second-order valence-electron chi connectivity index (χ2n) is 6.89. The molecule has 0 aliphatic rings. The van der Waals surface area contributed by atoms with Gasteiger partial charge in [0.1, 0.15) is 6.04 Å². The topological polar surface area (TPSA) is 77.1 Å². The summed E-state index contributed by atoms with van der Waals surface area (Å²) in [6.07, 6.45) is 1.58. The van der Waals surface area contributed by atoms with Crippen molar-refractivity contribution in [3.05, 3.63) is 65.2 Å². The number of amides is 1. The van der Waals surface area contributed by atoms with Crippen molar-refractivity contribution in [1.82, 2.24) is 19.7 Å². The fourth-order valence-corrected chi connectivity index (χ4v) is 3.61. The third-order valence-corrected chi connectivity index (χ3v) is 5.82. The molecule has 2 aromatic heterocycles. The molecule has 1 aromatic carbocycles. The van der Waals surface area contributed by atoms with Crippen molar-refractivity contribution in [2.45, 2.75) is 24.7 Å². The van der Waals surface area contributed by atoms with Gasteiger partial charge in [-0.1, -0.05) is 53.7 Å². The number of carbonyl (C=O) groups is 1. The molecule has 7 nitrogen and oxygen atoms in total. The van der Waals surface area contributed by atoms with Crippen LogP contribution in [0.15, 0.2) is 53.8 Å². The third kappa shape index (κ3) is 5.56. The molecule has 0 fully saturated rings. The monoisotopic (exact) mass is 431 g/mol. The van der Waals surface area contributed by atoms with Gasteiger partial charge in [0.15, 0.2) is 16.1 Å². The van der Waals surface area contributed by atoms with E-state index in [1.165, 1.54) is 16.7 Å². The number of hydrogen-bond acceptors (Lipinski definition) is 5. The minimum Gasteiger partial charge on any atom is -0.331 e. The number of quaternary nitrogens is 1. The van der Waals surface area contributed by atoms with Crippen LogP contribution >= 0.6 is 23.4 Å². The Kier molecular flexibility index (Phi) is 7.24. The average Bonchev–Trinajstić information content (AvgIpc) is 3.10. The van der Waals surface area contributed by atoms with Crippen molar-refractivity contribution >= 4 is 35.0 Å². The normalized spacial score (nSPS) is 12.2. The maximum atomic E-state index is 12.4. The largest absolute Gasteiger partial charge is 0.331 e. The highest BCUT2D eigenvalue weighted by Gasteiger charge is 2.23. The molecule has 0 unspecified atom stereocenters. The van der Waals surface area contributed by atoms with Crippen molar-refractivity contribution in [3.63, 3.8) is 0 Å². The summed E-state index contributed by atoms with van der Waals surface area (Å²) in [6, 6.07) is 13.8. The lowest BCUT2D eigenvalue weighted by Gasteiger charge is -2.18. The summed E-state index contributed by atoms with van der Waals surface area (Å²) in [7, 11) is 4.17. The molecule has 3 aromatic rings. The minimum absolute atomic E-state index is 0.170. The zero-order valence-electron chi connectivity index (χ0n) is 16.6. The van der Waals surface area contributed by atoms with Gasteiger partial charge in [-0.05, 0) is 24.6 Å². The maximum absolute atomic E-state index is 12.4. The summed E-state index contributed by atoms with van der Waals surface area (Å²) in [5.74, 6) is 0.917. The van der Waals surface area contributed by atoms with Crippen molar-refractivity contribution in [2.24, 2.45) is 0 Å². The summed E-state index contributed by atoms with van der Waals surface area (Å²) in [6.45, 7) is 2.77. The Morgan fingerprint density at radius 2 is 1.97 bits per heavy atom. The van der Waals surface area contributed by atoms with E-state index in [1.807, 2.05) is 18.2 Å². The number of thioether (sulfide) groups is 1. The molecule has 3 rings (SSSR count). The van der Waals surface area contributed by atoms with Gasteiger partial charge < -0.3 is 10.2 Å². The number of anilines is 1. The second-order valence-corrected chi connectivity index (χ2v) is 8.19. The highest BCUT2D eigenvalue weighted by atomic mass is 35.5. The number of carbonyl (C=O) groups excluding carboxylic acids is 1. The van der Waals surface area contributed by atoms with Gasteiger partial charge in [0.05, 0.1) is 32.1 Å². The molecule has 0 radical (unpaired) electrons. The number of nitrogens with zero attached hydrogens (tertiary/aromatic N) is 4. The second kappa shape index (κ2) is 9.87. The molecule has 1 atom stereocenters. The van der Waals surface area contributed by atoms with Crippen LogP contribution in [0.2, 0.25) is 5.15 Å². The zero-order valence-corrected chi connectivity index (χ0v) is 18.2. The van der Waals surface area contributed by atoms with Crippen molar-refractivity contribution in [2.75, 3.05) is 25.2 Å². The van der Waals surface area contributed by atoms with E-state index in [0.29, 0.717) is 17.4 Å². The molecule has 9 heteroatoms. The molecule has 0 aliphatic carbocycles. The maximum Gasteiger partial charge on any atom is 0.234 e. The summed E-state index contributed by atoms with van der Waals surface area (Å²) in [4.78, 5) is 17.6. The number of rotatable bonds is 8. The Balaban J connectivity index is 1.76. The Morgan fingerprint density at radius 1 is 1.21 bits per heavy atom. The zero-order chi connectivity index (χ0) is 20.8. The van der Waals surface area contributed by atoms with Crippen LogP contribution in [-0.2, 0) is 11.3 Å². The molecule has 0 saturated carbocycles. The quantitative estimate of drug-likeness (QED) is 0.422. The van der Waals surface area contributed by atoms with E-state index in [1.54, 1.807) is 18.3 Å². The SMILES string of the molecule is C[C@@H](c1nnc(SCC(=O)Nc2cccnc2Cl)n1Cc1ccccc1)[NH+](C)C. The first-order valence-electron chi connectivity index (χ1n) is 9.26. The van der Waals surface area contributed by atoms with Crippen LogP contribution in [-0.4, -0.2) is 45.5 Å². The van der Waals surface area contributed by atoms with Crippen LogP contribution in [0.1, 0.15) is 24.4 Å². The highest BCUT2D eigenvalue weighted by molar-refractivity contribution is 7.99. The predicted molar refractivity (Wildman–Crippen MR) is 115 cm³/mol. The summed E-state index contributed by atoms with van der Waals surface area (Å²) in [5, 5.41) is 12.5. The third-order valence-electron chi connectivity index (χ3n) is 4.55. The smallest absolute Gasteiger partial charge is 0.234 e. The van der Waals surface area contributed by atoms with E-state index in [4.69, 9.17) is 11.6 Å². The highest BCUT2D eigenvalue weighted by Crippen LogP contribution is 2.22. The number of benzene rings is 1. The van der Waals surface area contributed by atoms with Crippen LogP contribution in [0.5, 0.6) is 0 Å². The van der Waals surface area contributed by atoms with Crippen LogP contribution in [0, 0.1) is 0 Å². The van der Waals surface area contributed by atoms with E-state index in [0.717, 1.165) is 11.4 Å². The molecule has 0 spiro atoms. The molecule has 0 aliphatic heterocycles. The lowest BCUT2D eigenvalue weighted by molar-refractivity contribution is -0.890. The van der Waals surface area contributed by atoms with Gasteiger partial charge in [0.25, 0.3) is 0 Å². The van der Waals surface area contributed by atoms with Crippen molar-refractivity contribution < 1.29 is 9.69 Å². The van der Waals surface area contributed by atoms with Gasteiger partial charge in [0, 0.05) is 6.20 Å². The molecule has 2 N–H and O–H groups in total. The predicted octanol–water partition coefficient (Wildman–Crippen LogP) is 2.31. The lowest BCUT2D eigenvalue weighted by atomic mass is 10.2. The summed E-state index contributed by atoms with van der Waals surface area (Å²) < 4.78 is 2.09. The standard InChI is InChI=1S/C20H23ClN6OS/c1-14(26(2)3)19-24-25-20(27(19)12-15-8-5-4-6-9-15)29-13-17(28)23-16-10-7-11-22-18(16)21/h4-11,14H,12-13H2,1-3H3,(H,23,28)/p+1/t14-/m0/s1. The molecule has 152 valence electrons. The van der Waals surface area contributed by atoms with Gasteiger partial charge in [-0.25, -0.2) is 4.98 Å². The first-order chi connectivity index (χ1) is 14.0. The number of nitrogens with one attached hydrogen (secondary N) is 2. The molecule has 0 saturated heterocycles. The van der Waals surface area contributed by atoms with Crippen molar-refractivity contribution in [3.8, 4) is 0 Å². The molecular formula is C20H24ClN6OS+. The average molecular weight is 432 g/mol. The van der Waals surface area contributed by atoms with Crippen molar-refractivity contribution in [1.29, 1.82) is 0 Å². The van der Waals surface area contributed by atoms with Gasteiger partial charge in [0.2, 0.25) is 5.91 Å². The van der Waals surface area contributed by atoms with Gasteiger partial charge in [-0.3, -0.25) is 9.36 Å². The molecule has 2 heterocycles. The van der Waals surface area contributed by atoms with E-state index < -0.39 is 0 Å². The Labute approximate surface area is 179 Å². The van der Waals surface area contributed by atoms with E-state index in [-0.39, 0.29) is 22.9 Å². The first-order valence-corrected chi connectivity index (χ1v) is 10.6. The Bertz CT molecular complexity index is 963. The summed E-state index contributed by atoms with van der Waals surface area (Å²) in [5.41, 5.74) is 1.65. The Morgan fingerprint density at radius 3 is 2.66 bits per heavy atom. The fourth-order valence-electron chi connectivity index (χ4n) is 2.70. The van der Waals surface area contributed by atoms with E-state index >= 15 is 0 Å². The van der Waals surface area contributed by atoms with Gasteiger partial charge in [-0.15, -0.1) is 10.2 Å². The number of aromatic nitrogens is 4. The van der Waals surface area contributed by atoms with E-state index in [9.17, 15) is 4.79 Å². The van der Waals surface area contributed by atoms with Crippen LogP contribution in [0.4, 0.5) is 5.69 Å². The molecule has 29 heavy (non-hydrogen) atoms. The van der Waals surface area contributed by atoms with Gasteiger partial charge >= 0.3 is 0 Å². The van der Waals surface area contributed by atoms with E-state index in [2.05, 4.69) is 58.2 Å². The molecular weight excluding hydrogens is 408 g/mol. The fraction of sp³-hybridized carbons (Fsp3) is 0.300.